The van der Waals surface area contributed by atoms with Gasteiger partial charge in [0.2, 0.25) is 0 Å². The van der Waals surface area contributed by atoms with Gasteiger partial charge in [0.05, 0.1) is 0 Å². The molecule has 0 radical (unpaired) electrons. The highest BCUT2D eigenvalue weighted by Gasteiger charge is 2.17. The minimum Gasteiger partial charge on any atom is -0.398 e. The van der Waals surface area contributed by atoms with Gasteiger partial charge < -0.3 is 10.7 Å². The lowest BCUT2D eigenvalue weighted by atomic mass is 9.98. The van der Waals surface area contributed by atoms with Gasteiger partial charge in [0.1, 0.15) is 5.82 Å². The first-order valence-corrected chi connectivity index (χ1v) is 6.24. The third-order valence-corrected chi connectivity index (χ3v) is 3.51. The molecule has 3 rings (SSSR count). The van der Waals surface area contributed by atoms with Crippen molar-refractivity contribution in [1.29, 1.82) is 0 Å². The molecule has 0 bridgehead atoms. The fourth-order valence-corrected chi connectivity index (χ4v) is 2.33. The number of carbonyl (C=O) groups excluding carboxylic acids is 1. The fraction of sp³-hybridized carbons (Fsp3) is 0.0625. The number of halogens is 1. The van der Waals surface area contributed by atoms with E-state index in [0.717, 1.165) is 5.56 Å². The van der Waals surface area contributed by atoms with Crippen LogP contribution < -0.4 is 5.73 Å². The number of ketones is 1. The van der Waals surface area contributed by atoms with Crippen molar-refractivity contribution in [1.82, 2.24) is 4.98 Å². The summed E-state index contributed by atoms with van der Waals surface area (Å²) in [5.41, 5.74) is 8.87. The van der Waals surface area contributed by atoms with Crippen LogP contribution in [0.2, 0.25) is 0 Å². The fourth-order valence-electron chi connectivity index (χ4n) is 2.33. The molecular formula is C16H13FN2O. The van der Waals surface area contributed by atoms with Gasteiger partial charge in [-0.3, -0.25) is 4.79 Å². The number of rotatable bonds is 2. The van der Waals surface area contributed by atoms with Gasteiger partial charge in [0.25, 0.3) is 0 Å². The van der Waals surface area contributed by atoms with E-state index in [1.165, 1.54) is 12.1 Å². The molecular weight excluding hydrogens is 255 g/mol. The van der Waals surface area contributed by atoms with Gasteiger partial charge in [-0.1, -0.05) is 12.1 Å². The average molecular weight is 268 g/mol. The summed E-state index contributed by atoms with van der Waals surface area (Å²) in [4.78, 5) is 15.5. The molecule has 0 unspecified atom stereocenters. The minimum atomic E-state index is -0.335. The van der Waals surface area contributed by atoms with Gasteiger partial charge in [0.15, 0.2) is 5.78 Å². The number of carbonyl (C=O) groups is 1. The molecule has 1 heterocycles. The van der Waals surface area contributed by atoms with E-state index in [0.29, 0.717) is 27.7 Å². The SMILES string of the molecule is Cc1c(N)cccc1C(=O)c1c[nH]c2cc(F)ccc12. The maximum Gasteiger partial charge on any atom is 0.195 e. The van der Waals surface area contributed by atoms with E-state index in [-0.39, 0.29) is 11.6 Å². The number of aromatic nitrogens is 1. The molecule has 0 fully saturated rings. The molecule has 3 aromatic rings. The summed E-state index contributed by atoms with van der Waals surface area (Å²) in [6, 6.07) is 9.59. The van der Waals surface area contributed by atoms with E-state index in [1.54, 1.807) is 30.5 Å². The van der Waals surface area contributed by atoms with Crippen LogP contribution in [0.3, 0.4) is 0 Å². The Labute approximate surface area is 115 Å². The van der Waals surface area contributed by atoms with Gasteiger partial charge in [-0.15, -0.1) is 0 Å². The summed E-state index contributed by atoms with van der Waals surface area (Å²) in [5, 5.41) is 0.707. The summed E-state index contributed by atoms with van der Waals surface area (Å²) in [6.07, 6.45) is 1.61. The monoisotopic (exact) mass is 268 g/mol. The first-order valence-electron chi connectivity index (χ1n) is 6.24. The summed E-state index contributed by atoms with van der Waals surface area (Å²) in [5.74, 6) is -0.453. The van der Waals surface area contributed by atoms with Crippen molar-refractivity contribution in [2.75, 3.05) is 5.73 Å². The van der Waals surface area contributed by atoms with E-state index >= 15 is 0 Å². The van der Waals surface area contributed by atoms with Gasteiger partial charge >= 0.3 is 0 Å². The molecule has 0 atom stereocenters. The molecule has 0 saturated carbocycles. The number of benzene rings is 2. The highest BCUT2D eigenvalue weighted by molar-refractivity contribution is 6.17. The Morgan fingerprint density at radius 3 is 2.80 bits per heavy atom. The number of fused-ring (bicyclic) bond motifs is 1. The van der Waals surface area contributed by atoms with Crippen LogP contribution in [0.1, 0.15) is 21.5 Å². The molecule has 0 amide bonds. The number of anilines is 1. The van der Waals surface area contributed by atoms with E-state index < -0.39 is 0 Å². The normalized spacial score (nSPS) is 10.9. The van der Waals surface area contributed by atoms with Crippen molar-refractivity contribution < 1.29 is 9.18 Å². The molecule has 3 nitrogen and oxygen atoms in total. The zero-order valence-electron chi connectivity index (χ0n) is 10.9. The summed E-state index contributed by atoms with van der Waals surface area (Å²) >= 11 is 0. The predicted octanol–water partition coefficient (Wildman–Crippen LogP) is 3.43. The number of nitrogens with two attached hydrogens (primary N) is 1. The number of hydrogen-bond donors (Lipinski definition) is 2. The number of H-pyrrole nitrogens is 1. The Kier molecular flexibility index (Phi) is 2.79. The predicted molar refractivity (Wildman–Crippen MR) is 77.3 cm³/mol. The lowest BCUT2D eigenvalue weighted by Crippen LogP contribution is -2.05. The Hall–Kier alpha value is -2.62. The second kappa shape index (κ2) is 4.49. The molecule has 0 aliphatic carbocycles. The number of nitrogens with one attached hydrogen (secondary N) is 1. The van der Waals surface area contributed by atoms with Crippen LogP contribution in [0.4, 0.5) is 10.1 Å². The Balaban J connectivity index is 2.16. The van der Waals surface area contributed by atoms with Crippen molar-refractivity contribution >= 4 is 22.4 Å². The molecule has 0 spiro atoms. The van der Waals surface area contributed by atoms with Crippen LogP contribution in [0, 0.1) is 12.7 Å². The third kappa shape index (κ3) is 1.86. The van der Waals surface area contributed by atoms with Crippen LogP contribution in [0.25, 0.3) is 10.9 Å². The number of aromatic amines is 1. The molecule has 1 aromatic heterocycles. The van der Waals surface area contributed by atoms with Gasteiger partial charge in [-0.2, -0.15) is 0 Å². The van der Waals surface area contributed by atoms with Crippen LogP contribution >= 0.6 is 0 Å². The Morgan fingerprint density at radius 2 is 2.00 bits per heavy atom. The summed E-state index contributed by atoms with van der Waals surface area (Å²) < 4.78 is 13.2. The van der Waals surface area contributed by atoms with Crippen LogP contribution in [-0.4, -0.2) is 10.8 Å². The molecule has 0 aliphatic heterocycles. The molecule has 2 aromatic carbocycles. The largest absolute Gasteiger partial charge is 0.398 e. The summed E-state index contributed by atoms with van der Waals surface area (Å²) in [7, 11) is 0. The zero-order chi connectivity index (χ0) is 14.3. The first kappa shape index (κ1) is 12.4. The lowest BCUT2D eigenvalue weighted by Gasteiger charge is -2.06. The lowest BCUT2D eigenvalue weighted by molar-refractivity contribution is 0.104. The van der Waals surface area contributed by atoms with Crippen molar-refractivity contribution in [2.24, 2.45) is 0 Å². The maximum atomic E-state index is 13.2. The second-order valence-corrected chi connectivity index (χ2v) is 4.74. The van der Waals surface area contributed by atoms with E-state index in [1.807, 2.05) is 6.92 Å². The number of hydrogen-bond acceptors (Lipinski definition) is 2. The molecule has 3 N–H and O–H groups in total. The maximum absolute atomic E-state index is 13.2. The topological polar surface area (TPSA) is 58.9 Å². The molecule has 0 saturated heterocycles. The zero-order valence-corrected chi connectivity index (χ0v) is 10.9. The van der Waals surface area contributed by atoms with Crippen molar-refractivity contribution in [3.63, 3.8) is 0 Å². The van der Waals surface area contributed by atoms with E-state index in [2.05, 4.69) is 4.98 Å². The van der Waals surface area contributed by atoms with Crippen LogP contribution in [-0.2, 0) is 0 Å². The first-order chi connectivity index (χ1) is 9.58. The highest BCUT2D eigenvalue weighted by Crippen LogP contribution is 2.24. The third-order valence-electron chi connectivity index (χ3n) is 3.51. The highest BCUT2D eigenvalue weighted by atomic mass is 19.1. The minimum absolute atomic E-state index is 0.118. The molecule has 4 heteroatoms. The van der Waals surface area contributed by atoms with Gasteiger partial charge in [-0.05, 0) is 36.8 Å². The van der Waals surface area contributed by atoms with Crippen LogP contribution in [0.15, 0.2) is 42.6 Å². The number of nitrogen functional groups attached to an aromatic ring is 1. The van der Waals surface area contributed by atoms with Crippen molar-refractivity contribution in [3.05, 3.63) is 65.1 Å². The standard InChI is InChI=1S/C16H13FN2O/c1-9-11(3-2-4-14(9)18)16(20)13-8-19-15-7-10(17)5-6-12(13)15/h2-8,19H,18H2,1H3. The molecule has 20 heavy (non-hydrogen) atoms. The smallest absolute Gasteiger partial charge is 0.195 e. The quantitative estimate of drug-likeness (QED) is 0.552. The van der Waals surface area contributed by atoms with Crippen molar-refractivity contribution in [2.45, 2.75) is 6.92 Å². The van der Waals surface area contributed by atoms with Gasteiger partial charge in [0, 0.05) is 33.9 Å². The van der Waals surface area contributed by atoms with E-state index in [9.17, 15) is 9.18 Å². The van der Waals surface area contributed by atoms with E-state index in [4.69, 9.17) is 5.73 Å². The summed E-state index contributed by atoms with van der Waals surface area (Å²) in [6.45, 7) is 1.82. The molecule has 0 aliphatic rings. The Bertz CT molecular complexity index is 820. The Morgan fingerprint density at radius 1 is 1.20 bits per heavy atom. The second-order valence-electron chi connectivity index (χ2n) is 4.74. The van der Waals surface area contributed by atoms with Gasteiger partial charge in [-0.25, -0.2) is 4.39 Å². The molecule has 100 valence electrons. The van der Waals surface area contributed by atoms with Crippen molar-refractivity contribution in [3.8, 4) is 0 Å². The average Bonchev–Trinajstić information content (AvgIpc) is 2.84. The van der Waals surface area contributed by atoms with Crippen LogP contribution in [0.5, 0.6) is 0 Å².